The Bertz CT molecular complexity index is 3160. The summed E-state index contributed by atoms with van der Waals surface area (Å²) in [6.07, 6.45) is 4.92. The van der Waals surface area contributed by atoms with Gasteiger partial charge in [-0.1, -0.05) is 154 Å². The smallest absolute Gasteiger partial charge is 0.252 e. The van der Waals surface area contributed by atoms with Gasteiger partial charge in [0.2, 0.25) is 0 Å². The normalized spacial score (nSPS) is 20.8. The molecule has 0 bridgehead atoms. The Kier molecular flexibility index (Phi) is 8.65. The van der Waals surface area contributed by atoms with E-state index in [0.29, 0.717) is 0 Å². The molecule has 12 rings (SSSR count). The third-order valence-electron chi connectivity index (χ3n) is 17.1. The van der Waals surface area contributed by atoms with Gasteiger partial charge in [-0.3, -0.25) is 0 Å². The Morgan fingerprint density at radius 2 is 1.08 bits per heavy atom. The summed E-state index contributed by atoms with van der Waals surface area (Å²) in [5.74, 6) is 0. The van der Waals surface area contributed by atoms with Crippen LogP contribution in [0.1, 0.15) is 128 Å². The van der Waals surface area contributed by atoms with Gasteiger partial charge in [0.25, 0.3) is 6.71 Å². The van der Waals surface area contributed by atoms with E-state index in [1.54, 1.807) is 0 Å². The van der Waals surface area contributed by atoms with Crippen LogP contribution in [0.25, 0.3) is 11.1 Å². The highest BCUT2D eigenvalue weighted by Gasteiger charge is 2.58. The fourth-order valence-electron chi connectivity index (χ4n) is 13.3. The molecular weight excluding hydrogens is 798 g/mol. The summed E-state index contributed by atoms with van der Waals surface area (Å²) >= 11 is 0. The number of hydrogen-bond acceptors (Lipinski definition) is 3. The summed E-state index contributed by atoms with van der Waals surface area (Å²) in [5.41, 5.74) is 25.2. The quantitative estimate of drug-likeness (QED) is 0.164. The number of anilines is 8. The average molecular weight is 862 g/mol. The SMILES string of the molecule is Cc1cc2c3c(c1)N(c1ccc(C(C)(C)C)cc1)c1cc(N4c5ccccc5C5(C)CCCCC45C)ccc1B3c1cc(C(C)(C)C)ccc1N2c1ccc2c(c1)C(C)(C)c1ccccc1-2. The molecule has 4 heteroatoms. The third-order valence-corrected chi connectivity index (χ3v) is 17.1. The number of benzene rings is 7. The minimum atomic E-state index is -0.111. The highest BCUT2D eigenvalue weighted by molar-refractivity contribution is 7.00. The minimum absolute atomic E-state index is 0.0208. The van der Waals surface area contributed by atoms with Crippen LogP contribution >= 0.6 is 0 Å². The lowest BCUT2D eigenvalue weighted by atomic mass is 9.33. The van der Waals surface area contributed by atoms with Crippen LogP contribution in [0.3, 0.4) is 0 Å². The van der Waals surface area contributed by atoms with Crippen molar-refractivity contribution in [2.45, 2.75) is 129 Å². The Morgan fingerprint density at radius 3 is 1.80 bits per heavy atom. The van der Waals surface area contributed by atoms with Crippen LogP contribution in [-0.4, -0.2) is 12.3 Å². The molecule has 2 atom stereocenters. The number of fused-ring (bicyclic) bond motifs is 10. The van der Waals surface area contributed by atoms with Crippen LogP contribution in [0.4, 0.5) is 45.5 Å². The lowest BCUT2D eigenvalue weighted by Crippen LogP contribution is -2.61. The van der Waals surface area contributed by atoms with Crippen molar-refractivity contribution in [3.05, 3.63) is 173 Å². The van der Waals surface area contributed by atoms with E-state index in [4.69, 9.17) is 0 Å². The second-order valence-corrected chi connectivity index (χ2v) is 23.5. The second kappa shape index (κ2) is 13.8. The van der Waals surface area contributed by atoms with Crippen LogP contribution < -0.4 is 31.1 Å². The number of para-hydroxylation sites is 1. The predicted molar refractivity (Wildman–Crippen MR) is 283 cm³/mol. The van der Waals surface area contributed by atoms with E-state index >= 15 is 0 Å². The molecule has 0 spiro atoms. The highest BCUT2D eigenvalue weighted by Crippen LogP contribution is 2.61. The summed E-state index contributed by atoms with van der Waals surface area (Å²) < 4.78 is 0. The first-order valence-electron chi connectivity index (χ1n) is 24.7. The predicted octanol–water partition coefficient (Wildman–Crippen LogP) is 14.7. The zero-order valence-corrected chi connectivity index (χ0v) is 41.0. The summed E-state index contributed by atoms with van der Waals surface area (Å²) in [5, 5.41) is 0. The van der Waals surface area contributed by atoms with Crippen LogP contribution in [0, 0.1) is 6.92 Å². The molecule has 66 heavy (non-hydrogen) atoms. The van der Waals surface area contributed by atoms with Crippen molar-refractivity contribution < 1.29 is 0 Å². The van der Waals surface area contributed by atoms with Gasteiger partial charge >= 0.3 is 0 Å². The van der Waals surface area contributed by atoms with E-state index in [1.807, 2.05) is 0 Å². The van der Waals surface area contributed by atoms with Crippen molar-refractivity contribution in [2.75, 3.05) is 14.7 Å². The molecule has 330 valence electrons. The van der Waals surface area contributed by atoms with Crippen molar-refractivity contribution in [3.8, 4) is 11.1 Å². The van der Waals surface area contributed by atoms with Crippen molar-refractivity contribution in [1.82, 2.24) is 0 Å². The molecule has 2 unspecified atom stereocenters. The Morgan fingerprint density at radius 1 is 0.470 bits per heavy atom. The van der Waals surface area contributed by atoms with E-state index in [-0.39, 0.29) is 33.9 Å². The largest absolute Gasteiger partial charge is 0.334 e. The zero-order valence-electron chi connectivity index (χ0n) is 41.0. The van der Waals surface area contributed by atoms with Crippen LogP contribution in [-0.2, 0) is 21.7 Å². The molecule has 3 nitrogen and oxygen atoms in total. The van der Waals surface area contributed by atoms with E-state index < -0.39 is 0 Å². The molecule has 3 heterocycles. The van der Waals surface area contributed by atoms with E-state index in [2.05, 4.69) is 230 Å². The molecule has 0 aromatic heterocycles. The summed E-state index contributed by atoms with van der Waals surface area (Å²) in [7, 11) is 0. The lowest BCUT2D eigenvalue weighted by molar-refractivity contribution is 0.195. The van der Waals surface area contributed by atoms with Crippen molar-refractivity contribution in [2.24, 2.45) is 0 Å². The topological polar surface area (TPSA) is 9.72 Å². The summed E-state index contributed by atoms with van der Waals surface area (Å²) in [4.78, 5) is 7.98. The molecule has 3 aliphatic heterocycles. The molecular formula is C62H64BN3. The fraction of sp³-hybridized carbons (Fsp3) is 0.323. The fourth-order valence-corrected chi connectivity index (χ4v) is 13.3. The van der Waals surface area contributed by atoms with Gasteiger partial charge in [-0.25, -0.2) is 0 Å². The maximum atomic E-state index is 2.75. The van der Waals surface area contributed by atoms with Crippen molar-refractivity contribution >= 4 is 68.6 Å². The van der Waals surface area contributed by atoms with Crippen LogP contribution in [0.2, 0.25) is 0 Å². The molecule has 7 aromatic carbocycles. The van der Waals surface area contributed by atoms with Gasteiger partial charge in [-0.05, 0) is 159 Å². The molecule has 0 N–H and O–H groups in total. The molecule has 1 fully saturated rings. The van der Waals surface area contributed by atoms with Crippen LogP contribution in [0.5, 0.6) is 0 Å². The van der Waals surface area contributed by atoms with Gasteiger partial charge in [0.1, 0.15) is 0 Å². The zero-order chi connectivity index (χ0) is 45.9. The number of nitrogens with zero attached hydrogens (tertiary/aromatic N) is 3. The first-order chi connectivity index (χ1) is 31.4. The highest BCUT2D eigenvalue weighted by atomic mass is 15.3. The van der Waals surface area contributed by atoms with Gasteiger partial charge in [0.15, 0.2) is 0 Å². The summed E-state index contributed by atoms with van der Waals surface area (Å²) in [6.45, 7) is 26.2. The lowest BCUT2D eigenvalue weighted by Gasteiger charge is -2.50. The van der Waals surface area contributed by atoms with Gasteiger partial charge in [-0.15, -0.1) is 0 Å². The molecule has 0 radical (unpaired) electrons. The Balaban J connectivity index is 1.12. The Hall–Kier alpha value is -6.00. The van der Waals surface area contributed by atoms with Gasteiger partial charge in [0.05, 0.1) is 5.54 Å². The average Bonchev–Trinajstić information content (AvgIpc) is 3.65. The number of hydrogen-bond donors (Lipinski definition) is 0. The molecule has 2 aliphatic carbocycles. The number of aryl methyl sites for hydroxylation is 1. The molecule has 0 amide bonds. The molecule has 5 aliphatic rings. The monoisotopic (exact) mass is 862 g/mol. The van der Waals surface area contributed by atoms with Gasteiger partial charge in [0, 0.05) is 56.3 Å². The molecule has 0 saturated heterocycles. The maximum absolute atomic E-state index is 2.75. The summed E-state index contributed by atoms with van der Waals surface area (Å²) in [6, 6.07) is 55.0. The molecule has 7 aromatic rings. The van der Waals surface area contributed by atoms with E-state index in [9.17, 15) is 0 Å². The second-order valence-electron chi connectivity index (χ2n) is 23.5. The number of rotatable bonds is 3. The standard InChI is InChI=1S/C62H64BN3/c1-39-34-55-57-56(35-39)65(43-27-29-46-45-18-12-13-19-47(45)60(8,9)49(46)37-43)53-31-24-41(59(5,6)7)36-51(53)63(57)50-30-28-44(38-54(50)64(55)42-25-22-40(23-26-42)58(2,3)4)66-52-21-15-14-20-48(52)61(10)32-16-17-33-62(61,66)11/h12-15,18-31,34-38H,16-17,32-33H2,1-11H3. The maximum Gasteiger partial charge on any atom is 0.252 e. The van der Waals surface area contributed by atoms with Gasteiger partial charge in [-0.2, -0.15) is 0 Å². The first-order valence-corrected chi connectivity index (χ1v) is 24.7. The van der Waals surface area contributed by atoms with E-state index in [1.165, 1.54) is 132 Å². The van der Waals surface area contributed by atoms with Crippen LogP contribution in [0.15, 0.2) is 140 Å². The first kappa shape index (κ1) is 41.4. The molecule has 1 saturated carbocycles. The van der Waals surface area contributed by atoms with Crippen molar-refractivity contribution in [1.29, 1.82) is 0 Å². The Labute approximate surface area is 394 Å². The third kappa shape index (κ3) is 5.63. The van der Waals surface area contributed by atoms with Gasteiger partial charge < -0.3 is 14.7 Å². The van der Waals surface area contributed by atoms with E-state index in [0.717, 1.165) is 0 Å². The van der Waals surface area contributed by atoms with Crippen molar-refractivity contribution in [3.63, 3.8) is 0 Å². The minimum Gasteiger partial charge on any atom is -0.334 e.